The number of carbonyl (C=O) groups excluding carboxylic acids is 3. The Labute approximate surface area is 225 Å². The average molecular weight is 530 g/mol. The minimum Gasteiger partial charge on any atom is -0.494 e. The minimum absolute atomic E-state index is 0.0316. The maximum absolute atomic E-state index is 14.2. The van der Waals surface area contributed by atoms with Crippen molar-refractivity contribution in [1.82, 2.24) is 10.2 Å². The summed E-state index contributed by atoms with van der Waals surface area (Å²) in [5.74, 6) is -1.65. The highest BCUT2D eigenvalue weighted by atomic mass is 16.5. The van der Waals surface area contributed by atoms with Crippen molar-refractivity contribution in [3.05, 3.63) is 24.3 Å². The lowest BCUT2D eigenvalue weighted by atomic mass is 9.70. The van der Waals surface area contributed by atoms with Crippen LogP contribution >= 0.6 is 0 Å². The van der Waals surface area contributed by atoms with Gasteiger partial charge in [0.1, 0.15) is 17.4 Å². The van der Waals surface area contributed by atoms with Crippen LogP contribution in [0.4, 0.5) is 5.69 Å². The molecule has 3 heterocycles. The standard InChI is InChI=1S/C29H43N3O6/c1-6-9-18(5)30-27(35)25-29-15-14-22(38-29)23(24(29)28(36)32(25)21(16-33)17(4)7-2)26(34)31-19-10-12-20(13-11-19)37-8-3/h10-13,17-18,21-25,33H,6-9,14-16H2,1-5H3,(H,30,35)(H,31,34)/t17-,18?,21-,22-,23+,24-,25?,29?/m0/s1. The Balaban J connectivity index is 1.66. The van der Waals surface area contributed by atoms with Crippen LogP contribution in [0.1, 0.15) is 66.7 Å². The van der Waals surface area contributed by atoms with Gasteiger partial charge in [-0.1, -0.05) is 33.6 Å². The monoisotopic (exact) mass is 529 g/mol. The van der Waals surface area contributed by atoms with Gasteiger partial charge in [0.25, 0.3) is 0 Å². The van der Waals surface area contributed by atoms with E-state index in [9.17, 15) is 19.5 Å². The Morgan fingerprint density at radius 3 is 2.50 bits per heavy atom. The summed E-state index contributed by atoms with van der Waals surface area (Å²) >= 11 is 0. The largest absolute Gasteiger partial charge is 0.494 e. The Morgan fingerprint density at radius 2 is 1.89 bits per heavy atom. The Kier molecular flexibility index (Phi) is 8.67. The number of benzene rings is 1. The van der Waals surface area contributed by atoms with Crippen LogP contribution in [0.3, 0.4) is 0 Å². The number of carbonyl (C=O) groups is 3. The van der Waals surface area contributed by atoms with Gasteiger partial charge in [-0.3, -0.25) is 14.4 Å². The van der Waals surface area contributed by atoms with Crippen molar-refractivity contribution in [2.45, 2.75) is 96.6 Å². The Morgan fingerprint density at radius 1 is 1.18 bits per heavy atom. The van der Waals surface area contributed by atoms with Gasteiger partial charge in [-0.15, -0.1) is 0 Å². The highest BCUT2D eigenvalue weighted by Crippen LogP contribution is 2.59. The number of hydrogen-bond donors (Lipinski definition) is 3. The number of fused-ring (bicyclic) bond motifs is 1. The van der Waals surface area contributed by atoms with E-state index in [4.69, 9.17) is 9.47 Å². The predicted octanol–water partition coefficient (Wildman–Crippen LogP) is 3.11. The van der Waals surface area contributed by atoms with Crippen LogP contribution in [0.2, 0.25) is 0 Å². The van der Waals surface area contributed by atoms with Crippen LogP contribution in [0, 0.1) is 17.8 Å². The molecule has 9 heteroatoms. The minimum atomic E-state index is -1.08. The van der Waals surface area contributed by atoms with Gasteiger partial charge in [0.15, 0.2) is 0 Å². The molecule has 3 amide bonds. The molecule has 0 aromatic heterocycles. The summed E-state index contributed by atoms with van der Waals surface area (Å²) in [5.41, 5.74) is -0.479. The average Bonchev–Trinajstić information content (AvgIpc) is 3.53. The lowest BCUT2D eigenvalue weighted by Crippen LogP contribution is -2.60. The molecule has 3 N–H and O–H groups in total. The molecule has 0 aliphatic carbocycles. The van der Waals surface area contributed by atoms with Crippen molar-refractivity contribution in [2.24, 2.45) is 17.8 Å². The summed E-state index contributed by atoms with van der Waals surface area (Å²) < 4.78 is 12.0. The van der Waals surface area contributed by atoms with E-state index in [2.05, 4.69) is 17.6 Å². The molecule has 1 spiro atoms. The van der Waals surface area contributed by atoms with Gasteiger partial charge in [-0.05, 0) is 63.3 Å². The fraction of sp³-hybridized carbons (Fsp3) is 0.690. The highest BCUT2D eigenvalue weighted by Gasteiger charge is 2.75. The van der Waals surface area contributed by atoms with Gasteiger partial charge in [-0.2, -0.15) is 0 Å². The summed E-state index contributed by atoms with van der Waals surface area (Å²) in [6.07, 6.45) is 3.15. The van der Waals surface area contributed by atoms with Gasteiger partial charge in [0.05, 0.1) is 37.2 Å². The summed E-state index contributed by atoms with van der Waals surface area (Å²) in [5, 5.41) is 16.4. The zero-order valence-corrected chi connectivity index (χ0v) is 23.2. The summed E-state index contributed by atoms with van der Waals surface area (Å²) in [6.45, 7) is 10.2. The molecule has 8 atom stereocenters. The van der Waals surface area contributed by atoms with Gasteiger partial charge in [0.2, 0.25) is 17.7 Å². The molecule has 2 bridgehead atoms. The number of ether oxygens (including phenoxy) is 2. The van der Waals surface area contributed by atoms with Gasteiger partial charge in [0, 0.05) is 11.7 Å². The molecule has 4 rings (SSSR count). The topological polar surface area (TPSA) is 117 Å². The van der Waals surface area contributed by atoms with Gasteiger partial charge in [-0.25, -0.2) is 0 Å². The van der Waals surface area contributed by atoms with Crippen molar-refractivity contribution in [1.29, 1.82) is 0 Å². The normalized spacial score (nSPS) is 30.1. The summed E-state index contributed by atoms with van der Waals surface area (Å²) in [4.78, 5) is 43.2. The first kappa shape index (κ1) is 28.4. The van der Waals surface area contributed by atoms with E-state index in [0.717, 1.165) is 19.3 Å². The van der Waals surface area contributed by atoms with Crippen LogP contribution in [0.15, 0.2) is 24.3 Å². The second-order valence-corrected chi connectivity index (χ2v) is 11.1. The second kappa shape index (κ2) is 11.6. The number of nitrogens with zero attached hydrogens (tertiary/aromatic N) is 1. The number of rotatable bonds is 12. The Bertz CT molecular complexity index is 1020. The van der Waals surface area contributed by atoms with Crippen molar-refractivity contribution in [2.75, 3.05) is 18.5 Å². The molecule has 3 aliphatic heterocycles. The van der Waals surface area contributed by atoms with Crippen LogP contribution in [0.25, 0.3) is 0 Å². The van der Waals surface area contributed by atoms with Crippen LogP contribution < -0.4 is 15.4 Å². The number of hydrogen-bond acceptors (Lipinski definition) is 6. The predicted molar refractivity (Wildman–Crippen MR) is 144 cm³/mol. The second-order valence-electron chi connectivity index (χ2n) is 11.1. The fourth-order valence-corrected chi connectivity index (χ4v) is 6.72. The van der Waals surface area contributed by atoms with E-state index >= 15 is 0 Å². The third-order valence-corrected chi connectivity index (χ3v) is 8.68. The number of aliphatic hydroxyl groups excluding tert-OH is 1. The molecule has 0 saturated carbocycles. The lowest BCUT2D eigenvalue weighted by molar-refractivity contribution is -0.146. The van der Waals surface area contributed by atoms with Crippen molar-refractivity contribution in [3.63, 3.8) is 0 Å². The number of amides is 3. The number of likely N-dealkylation sites (tertiary alicyclic amines) is 1. The molecule has 0 radical (unpaired) electrons. The number of nitrogens with one attached hydrogen (secondary N) is 2. The third-order valence-electron chi connectivity index (χ3n) is 8.68. The Hall–Kier alpha value is -2.65. The summed E-state index contributed by atoms with van der Waals surface area (Å²) in [6, 6.07) is 5.62. The van der Waals surface area contributed by atoms with Crippen molar-refractivity contribution in [3.8, 4) is 5.75 Å². The molecule has 9 nitrogen and oxygen atoms in total. The molecule has 1 aromatic rings. The molecule has 3 unspecified atom stereocenters. The summed E-state index contributed by atoms with van der Waals surface area (Å²) in [7, 11) is 0. The first-order chi connectivity index (χ1) is 18.2. The van der Waals surface area contributed by atoms with Crippen molar-refractivity contribution < 1.29 is 29.0 Å². The van der Waals surface area contributed by atoms with E-state index in [1.54, 1.807) is 29.2 Å². The SMILES string of the molecule is CCCC(C)NC(=O)C1N([C@@H](CO)[C@@H](C)CC)C(=O)[C@@H]2[C@H](C(=O)Nc3ccc(OCC)cc3)[C@@H]3CCC12O3. The van der Waals surface area contributed by atoms with Crippen molar-refractivity contribution >= 4 is 23.4 Å². The first-order valence-corrected chi connectivity index (χ1v) is 14.2. The van der Waals surface area contributed by atoms with E-state index in [0.29, 0.717) is 30.9 Å². The zero-order chi connectivity index (χ0) is 27.6. The van der Waals surface area contributed by atoms with E-state index in [-0.39, 0.29) is 36.3 Å². The maximum atomic E-state index is 14.2. The van der Waals surface area contributed by atoms with E-state index in [1.807, 2.05) is 27.7 Å². The fourth-order valence-electron chi connectivity index (χ4n) is 6.72. The van der Waals surface area contributed by atoms with Gasteiger partial charge >= 0.3 is 0 Å². The zero-order valence-electron chi connectivity index (χ0n) is 23.2. The highest BCUT2D eigenvalue weighted by molar-refractivity contribution is 6.02. The molecular formula is C29H43N3O6. The number of aliphatic hydroxyl groups is 1. The van der Waals surface area contributed by atoms with E-state index in [1.165, 1.54) is 0 Å². The number of anilines is 1. The molecule has 210 valence electrons. The van der Waals surface area contributed by atoms with E-state index < -0.39 is 35.6 Å². The van der Waals surface area contributed by atoms with Gasteiger partial charge < -0.3 is 30.1 Å². The third kappa shape index (κ3) is 4.91. The molecule has 3 saturated heterocycles. The van der Waals surface area contributed by atoms with Crippen LogP contribution in [-0.2, 0) is 19.1 Å². The maximum Gasteiger partial charge on any atom is 0.246 e. The van der Waals surface area contributed by atoms with Crippen LogP contribution in [-0.4, -0.2) is 70.8 Å². The lowest BCUT2D eigenvalue weighted by Gasteiger charge is -2.39. The quantitative estimate of drug-likeness (QED) is 0.383. The molecule has 38 heavy (non-hydrogen) atoms. The molecule has 1 aromatic carbocycles. The smallest absolute Gasteiger partial charge is 0.246 e. The molecule has 3 fully saturated rings. The molecule has 3 aliphatic rings. The molecular weight excluding hydrogens is 486 g/mol. The first-order valence-electron chi connectivity index (χ1n) is 14.2. The van der Waals surface area contributed by atoms with Crippen LogP contribution in [0.5, 0.6) is 5.75 Å².